The first-order valence-corrected chi connectivity index (χ1v) is 7.59. The number of halogens is 3. The Labute approximate surface area is 142 Å². The summed E-state index contributed by atoms with van der Waals surface area (Å²) in [4.78, 5) is 23.4. The maximum atomic E-state index is 12.3. The molecule has 1 fully saturated rings. The number of likely N-dealkylation sites (N-methyl/N-ethyl adjacent to an activating group) is 1. The molecule has 1 saturated heterocycles. The zero-order valence-corrected chi connectivity index (χ0v) is 13.6. The molecule has 1 aromatic rings. The fourth-order valence-corrected chi connectivity index (χ4v) is 2.36. The number of rotatable bonds is 3. The van der Waals surface area contributed by atoms with Crippen LogP contribution in [0.15, 0.2) is 18.3 Å². The van der Waals surface area contributed by atoms with Crippen LogP contribution < -0.4 is 15.7 Å². The van der Waals surface area contributed by atoms with Gasteiger partial charge in [0.25, 0.3) is 0 Å². The lowest BCUT2D eigenvalue weighted by atomic mass is 10.2. The van der Waals surface area contributed by atoms with Crippen molar-refractivity contribution in [2.24, 2.45) is 5.73 Å². The van der Waals surface area contributed by atoms with Gasteiger partial charge in [-0.05, 0) is 18.7 Å². The molecule has 8 nitrogen and oxygen atoms in total. The minimum atomic E-state index is -5.20. The van der Waals surface area contributed by atoms with Crippen LogP contribution in [0.25, 0.3) is 0 Å². The van der Waals surface area contributed by atoms with E-state index in [1.54, 1.807) is 6.07 Å². The lowest BCUT2D eigenvalue weighted by molar-refractivity contribution is -0.199. The standard InChI is InChI=1S/C14H19F3N6O2/c1-2-21-5-7-22(8-6-21)10-3-4-11(20-9-10)23(13(18)19)25-12(24)14(15,16)17/h3-4,9H,2,5-8H2,1H3,(H3,18,19). The van der Waals surface area contributed by atoms with Crippen molar-refractivity contribution < 1.29 is 22.8 Å². The number of piperazine rings is 1. The molecule has 1 aliphatic heterocycles. The molecule has 0 spiro atoms. The van der Waals surface area contributed by atoms with Crippen LogP contribution in [-0.4, -0.2) is 60.7 Å². The summed E-state index contributed by atoms with van der Waals surface area (Å²) in [5.74, 6) is -3.57. The van der Waals surface area contributed by atoms with Gasteiger partial charge in [-0.25, -0.2) is 9.78 Å². The van der Waals surface area contributed by atoms with E-state index in [4.69, 9.17) is 11.1 Å². The van der Waals surface area contributed by atoms with Crippen LogP contribution in [0.5, 0.6) is 0 Å². The van der Waals surface area contributed by atoms with Gasteiger partial charge in [-0.3, -0.25) is 5.41 Å². The lowest BCUT2D eigenvalue weighted by Crippen LogP contribution is -2.46. The van der Waals surface area contributed by atoms with Crippen molar-refractivity contribution in [2.45, 2.75) is 13.1 Å². The first-order valence-electron chi connectivity index (χ1n) is 7.59. The van der Waals surface area contributed by atoms with Gasteiger partial charge in [-0.15, -0.1) is 5.06 Å². The molecule has 0 unspecified atom stereocenters. The molecule has 0 aliphatic carbocycles. The van der Waals surface area contributed by atoms with Gasteiger partial charge in [0.2, 0.25) is 5.96 Å². The molecule has 11 heteroatoms. The number of alkyl halides is 3. The fourth-order valence-electron chi connectivity index (χ4n) is 2.36. The van der Waals surface area contributed by atoms with Crippen LogP contribution in [0, 0.1) is 5.41 Å². The molecule has 0 saturated carbocycles. The summed E-state index contributed by atoms with van der Waals surface area (Å²) in [5.41, 5.74) is 5.96. The van der Waals surface area contributed by atoms with Crippen molar-refractivity contribution in [3.63, 3.8) is 0 Å². The molecule has 2 rings (SSSR count). The van der Waals surface area contributed by atoms with E-state index in [0.29, 0.717) is 0 Å². The number of carbonyl (C=O) groups excluding carboxylic acids is 1. The number of nitrogens with two attached hydrogens (primary N) is 1. The molecule has 138 valence electrons. The van der Waals surface area contributed by atoms with Crippen LogP contribution in [0.1, 0.15) is 6.92 Å². The van der Waals surface area contributed by atoms with Gasteiger partial charge in [0.1, 0.15) is 0 Å². The highest BCUT2D eigenvalue weighted by molar-refractivity contribution is 5.92. The number of guanidine groups is 1. The molecule has 0 atom stereocenters. The summed E-state index contributed by atoms with van der Waals surface area (Å²) in [5, 5.41) is 7.51. The van der Waals surface area contributed by atoms with E-state index in [2.05, 4.69) is 26.5 Å². The van der Waals surface area contributed by atoms with Crippen molar-refractivity contribution in [3.05, 3.63) is 18.3 Å². The Balaban J connectivity index is 2.08. The van der Waals surface area contributed by atoms with E-state index in [9.17, 15) is 18.0 Å². The Morgan fingerprint density at radius 1 is 1.36 bits per heavy atom. The molecule has 1 aliphatic rings. The number of pyridine rings is 1. The second-order valence-corrected chi connectivity index (χ2v) is 5.35. The zero-order chi connectivity index (χ0) is 18.6. The molecule has 0 bridgehead atoms. The van der Waals surface area contributed by atoms with Gasteiger partial charge in [0.15, 0.2) is 5.82 Å². The van der Waals surface area contributed by atoms with Gasteiger partial charge in [-0.2, -0.15) is 13.2 Å². The van der Waals surface area contributed by atoms with Crippen LogP contribution >= 0.6 is 0 Å². The third kappa shape index (κ3) is 4.72. The van der Waals surface area contributed by atoms with E-state index in [-0.39, 0.29) is 10.9 Å². The number of aromatic nitrogens is 1. The number of hydrogen-bond acceptors (Lipinski definition) is 6. The summed E-state index contributed by atoms with van der Waals surface area (Å²) < 4.78 is 36.9. The normalized spacial score (nSPS) is 15.8. The van der Waals surface area contributed by atoms with Gasteiger partial charge in [0, 0.05) is 26.2 Å². The predicted octanol–water partition coefficient (Wildman–Crippen LogP) is 0.944. The molecule has 3 N–H and O–H groups in total. The second-order valence-electron chi connectivity index (χ2n) is 5.35. The fraction of sp³-hybridized carbons (Fsp3) is 0.500. The van der Waals surface area contributed by atoms with E-state index < -0.39 is 18.1 Å². The minimum absolute atomic E-state index is 0.193. The summed E-state index contributed by atoms with van der Waals surface area (Å²) in [7, 11) is 0. The lowest BCUT2D eigenvalue weighted by Gasteiger charge is -2.35. The van der Waals surface area contributed by atoms with Crippen LogP contribution in [-0.2, 0) is 9.63 Å². The molecular weight excluding hydrogens is 341 g/mol. The molecule has 0 aromatic carbocycles. The highest BCUT2D eigenvalue weighted by Gasteiger charge is 2.43. The molecule has 2 heterocycles. The topological polar surface area (TPSA) is 98.8 Å². The quantitative estimate of drug-likeness (QED) is 0.470. The van der Waals surface area contributed by atoms with E-state index in [0.717, 1.165) is 38.4 Å². The Morgan fingerprint density at radius 2 is 2.00 bits per heavy atom. The summed E-state index contributed by atoms with van der Waals surface area (Å²) in [6.07, 6.45) is -3.76. The van der Waals surface area contributed by atoms with Gasteiger partial charge >= 0.3 is 12.1 Å². The van der Waals surface area contributed by atoms with Gasteiger partial charge in [-0.1, -0.05) is 6.92 Å². The van der Waals surface area contributed by atoms with Crippen molar-refractivity contribution >= 4 is 23.4 Å². The maximum absolute atomic E-state index is 12.3. The maximum Gasteiger partial charge on any atom is 0.493 e. The minimum Gasteiger partial charge on any atom is -0.368 e. The summed E-state index contributed by atoms with van der Waals surface area (Å²) >= 11 is 0. The van der Waals surface area contributed by atoms with Gasteiger partial charge in [0.05, 0.1) is 11.9 Å². The largest absolute Gasteiger partial charge is 0.493 e. The number of hydrogen-bond donors (Lipinski definition) is 2. The number of anilines is 2. The van der Waals surface area contributed by atoms with Crippen molar-refractivity contribution in [3.8, 4) is 0 Å². The Hall–Kier alpha value is -2.56. The monoisotopic (exact) mass is 360 g/mol. The van der Waals surface area contributed by atoms with E-state index >= 15 is 0 Å². The van der Waals surface area contributed by atoms with Crippen LogP contribution in [0.2, 0.25) is 0 Å². The molecule has 1 aromatic heterocycles. The SMILES string of the molecule is CCN1CCN(c2ccc(N(OC(=O)C(F)(F)F)C(=N)N)nc2)CC1. The van der Waals surface area contributed by atoms with E-state index in [1.165, 1.54) is 12.3 Å². The Morgan fingerprint density at radius 3 is 2.44 bits per heavy atom. The Bertz CT molecular complexity index is 614. The predicted molar refractivity (Wildman–Crippen MR) is 85.1 cm³/mol. The molecular formula is C14H19F3N6O2. The van der Waals surface area contributed by atoms with Crippen molar-refractivity contribution in [2.75, 3.05) is 42.7 Å². The smallest absolute Gasteiger partial charge is 0.368 e. The van der Waals surface area contributed by atoms with E-state index in [1.807, 2.05) is 0 Å². The van der Waals surface area contributed by atoms with Crippen LogP contribution in [0.3, 0.4) is 0 Å². The first-order chi connectivity index (χ1) is 11.7. The summed E-state index contributed by atoms with van der Waals surface area (Å²) in [6.45, 7) is 6.47. The number of nitrogens with zero attached hydrogens (tertiary/aromatic N) is 4. The highest BCUT2D eigenvalue weighted by atomic mass is 19.4. The number of hydroxylamine groups is 1. The second kappa shape index (κ2) is 7.55. The summed E-state index contributed by atoms with van der Waals surface area (Å²) in [6, 6.07) is 2.97. The third-order valence-electron chi connectivity index (χ3n) is 3.75. The van der Waals surface area contributed by atoms with Crippen molar-refractivity contribution in [1.82, 2.24) is 9.88 Å². The number of nitrogens with one attached hydrogen (secondary N) is 1. The first kappa shape index (κ1) is 18.8. The highest BCUT2D eigenvalue weighted by Crippen LogP contribution is 2.22. The Kier molecular flexibility index (Phi) is 5.67. The third-order valence-corrected chi connectivity index (χ3v) is 3.75. The van der Waals surface area contributed by atoms with Crippen molar-refractivity contribution in [1.29, 1.82) is 5.41 Å². The molecule has 25 heavy (non-hydrogen) atoms. The van der Waals surface area contributed by atoms with Crippen LogP contribution in [0.4, 0.5) is 24.7 Å². The average molecular weight is 360 g/mol. The zero-order valence-electron chi connectivity index (χ0n) is 13.6. The molecule has 0 amide bonds. The average Bonchev–Trinajstić information content (AvgIpc) is 2.58. The number of carbonyl (C=O) groups is 1. The molecule has 0 radical (unpaired) electrons. The van der Waals surface area contributed by atoms with Gasteiger partial charge < -0.3 is 20.4 Å².